The molecule has 2 unspecified atom stereocenters. The van der Waals surface area contributed by atoms with Gasteiger partial charge in [-0.2, -0.15) is 0 Å². The molecule has 0 bridgehead atoms. The molecule has 0 aromatic carbocycles. The molecule has 3 nitrogen and oxygen atoms in total. The van der Waals surface area contributed by atoms with E-state index in [0.29, 0.717) is 12.0 Å². The second-order valence-corrected chi connectivity index (χ2v) is 5.45. The highest BCUT2D eigenvalue weighted by atomic mass is 15.1. The molecule has 0 saturated heterocycles. The van der Waals surface area contributed by atoms with Gasteiger partial charge < -0.3 is 10.3 Å². The molecule has 1 aliphatic heterocycles. The molecule has 0 saturated carbocycles. The maximum atomic E-state index is 6.04. The molecule has 96 valence electrons. The van der Waals surface area contributed by atoms with Crippen LogP contribution >= 0.6 is 0 Å². The lowest BCUT2D eigenvalue weighted by atomic mass is 9.98. The number of nitrogens with two attached hydrogens (primary N) is 1. The van der Waals surface area contributed by atoms with Crippen LogP contribution < -0.4 is 5.73 Å². The summed E-state index contributed by atoms with van der Waals surface area (Å²) in [7, 11) is 0. The zero-order chi connectivity index (χ0) is 12.3. The summed E-state index contributed by atoms with van der Waals surface area (Å²) < 4.78 is 2.27. The van der Waals surface area contributed by atoms with Crippen molar-refractivity contribution in [2.24, 2.45) is 5.73 Å². The van der Waals surface area contributed by atoms with Crippen LogP contribution in [0.4, 0.5) is 0 Å². The van der Waals surface area contributed by atoms with E-state index in [0.717, 1.165) is 19.4 Å². The molecular formula is C14H25N3. The van der Waals surface area contributed by atoms with E-state index in [1.54, 1.807) is 0 Å². The lowest BCUT2D eigenvalue weighted by Crippen LogP contribution is -2.33. The van der Waals surface area contributed by atoms with Crippen molar-refractivity contribution in [3.8, 4) is 0 Å². The predicted molar refractivity (Wildman–Crippen MR) is 71.1 cm³/mol. The Morgan fingerprint density at radius 1 is 1.41 bits per heavy atom. The first kappa shape index (κ1) is 12.6. The van der Waals surface area contributed by atoms with Gasteiger partial charge in [0.05, 0.1) is 5.69 Å². The molecule has 0 radical (unpaired) electrons. The zero-order valence-electron chi connectivity index (χ0n) is 11.2. The summed E-state index contributed by atoms with van der Waals surface area (Å²) in [5.74, 6) is 1.76. The average molecular weight is 235 g/mol. The summed E-state index contributed by atoms with van der Waals surface area (Å²) in [6.07, 6.45) is 9.66. The maximum absolute atomic E-state index is 6.04. The first-order valence-electron chi connectivity index (χ1n) is 7.02. The maximum Gasteiger partial charge on any atom is 0.111 e. The van der Waals surface area contributed by atoms with Gasteiger partial charge in [0.15, 0.2) is 0 Å². The Labute approximate surface area is 104 Å². The first-order valence-corrected chi connectivity index (χ1v) is 7.02. The first-order chi connectivity index (χ1) is 8.20. The number of aryl methyl sites for hydroxylation is 1. The molecule has 17 heavy (non-hydrogen) atoms. The van der Waals surface area contributed by atoms with Crippen molar-refractivity contribution in [2.45, 2.75) is 70.9 Å². The highest BCUT2D eigenvalue weighted by Gasteiger charge is 2.23. The second-order valence-electron chi connectivity index (χ2n) is 5.45. The van der Waals surface area contributed by atoms with Gasteiger partial charge >= 0.3 is 0 Å². The van der Waals surface area contributed by atoms with E-state index < -0.39 is 0 Å². The van der Waals surface area contributed by atoms with E-state index in [-0.39, 0.29) is 0 Å². The van der Waals surface area contributed by atoms with Crippen molar-refractivity contribution in [3.63, 3.8) is 0 Å². The number of hydrogen-bond donors (Lipinski definition) is 1. The number of imidazole rings is 1. The molecule has 0 amide bonds. The number of nitrogens with zero attached hydrogens (tertiary/aromatic N) is 2. The molecule has 0 aliphatic carbocycles. The highest BCUT2D eigenvalue weighted by molar-refractivity contribution is 5.11. The van der Waals surface area contributed by atoms with E-state index in [1.807, 2.05) is 0 Å². The fourth-order valence-corrected chi connectivity index (χ4v) is 2.77. The third-order valence-corrected chi connectivity index (χ3v) is 3.67. The van der Waals surface area contributed by atoms with Crippen LogP contribution in [0.5, 0.6) is 0 Å². The minimum absolute atomic E-state index is 0.305. The van der Waals surface area contributed by atoms with E-state index in [4.69, 9.17) is 10.7 Å². The van der Waals surface area contributed by atoms with Crippen LogP contribution in [-0.2, 0) is 13.0 Å². The summed E-state index contributed by atoms with van der Waals surface area (Å²) in [6.45, 7) is 5.43. The van der Waals surface area contributed by atoms with Crippen LogP contribution in [-0.4, -0.2) is 15.6 Å². The summed E-state index contributed by atoms with van der Waals surface area (Å²) in [5.41, 5.74) is 7.30. The van der Waals surface area contributed by atoms with E-state index in [1.165, 1.54) is 37.2 Å². The smallest absolute Gasteiger partial charge is 0.111 e. The molecule has 1 aliphatic rings. The molecule has 0 fully saturated rings. The average Bonchev–Trinajstić information content (AvgIpc) is 2.67. The normalized spacial score (nSPS) is 23.7. The Balaban J connectivity index is 1.95. The Hall–Kier alpha value is -0.830. The Bertz CT molecular complexity index is 356. The molecule has 2 rings (SSSR count). The van der Waals surface area contributed by atoms with E-state index >= 15 is 0 Å². The topological polar surface area (TPSA) is 43.8 Å². The fourth-order valence-electron chi connectivity index (χ4n) is 2.77. The van der Waals surface area contributed by atoms with E-state index in [9.17, 15) is 0 Å². The lowest BCUT2D eigenvalue weighted by Gasteiger charge is -2.25. The van der Waals surface area contributed by atoms with Crippen molar-refractivity contribution >= 4 is 0 Å². The van der Waals surface area contributed by atoms with Crippen molar-refractivity contribution in [2.75, 3.05) is 0 Å². The van der Waals surface area contributed by atoms with Crippen molar-refractivity contribution in [1.29, 1.82) is 0 Å². The SMILES string of the molecule is CCCCCCc1cn2c(n1)C(C)CC(N)C2. The molecule has 0 spiro atoms. The van der Waals surface area contributed by atoms with Crippen LogP contribution in [0.3, 0.4) is 0 Å². The third kappa shape index (κ3) is 3.09. The Morgan fingerprint density at radius 2 is 2.24 bits per heavy atom. The molecular weight excluding hydrogens is 210 g/mol. The van der Waals surface area contributed by atoms with Crippen LogP contribution in [0.25, 0.3) is 0 Å². The molecule has 1 aromatic heterocycles. The van der Waals surface area contributed by atoms with Gasteiger partial charge in [0.1, 0.15) is 5.82 Å². The number of hydrogen-bond acceptors (Lipinski definition) is 2. The van der Waals surface area contributed by atoms with Gasteiger partial charge in [-0.05, 0) is 19.3 Å². The van der Waals surface area contributed by atoms with Crippen LogP contribution in [0.1, 0.15) is 63.4 Å². The van der Waals surface area contributed by atoms with Gasteiger partial charge in [-0.1, -0.05) is 33.1 Å². The fraction of sp³-hybridized carbons (Fsp3) is 0.786. The molecule has 2 heterocycles. The van der Waals surface area contributed by atoms with Crippen LogP contribution in [0, 0.1) is 0 Å². The van der Waals surface area contributed by atoms with Gasteiger partial charge in [-0.25, -0.2) is 4.98 Å². The number of unbranched alkanes of at least 4 members (excludes halogenated alkanes) is 3. The monoisotopic (exact) mass is 235 g/mol. The summed E-state index contributed by atoms with van der Waals surface area (Å²) in [6, 6.07) is 0.305. The number of fused-ring (bicyclic) bond motifs is 1. The third-order valence-electron chi connectivity index (χ3n) is 3.67. The standard InChI is InChI=1S/C14H25N3/c1-3-4-5-6-7-13-10-17-9-12(15)8-11(2)14(17)16-13/h10-12H,3-9,15H2,1-2H3. The van der Waals surface area contributed by atoms with Gasteiger partial charge in [-0.15, -0.1) is 0 Å². The van der Waals surface area contributed by atoms with Crippen LogP contribution in [0.15, 0.2) is 6.20 Å². The Kier molecular flexibility index (Phi) is 4.21. The van der Waals surface area contributed by atoms with Crippen molar-refractivity contribution in [1.82, 2.24) is 9.55 Å². The lowest BCUT2D eigenvalue weighted by molar-refractivity contribution is 0.407. The highest BCUT2D eigenvalue weighted by Crippen LogP contribution is 2.25. The second kappa shape index (κ2) is 5.67. The number of aromatic nitrogens is 2. The zero-order valence-corrected chi connectivity index (χ0v) is 11.2. The van der Waals surface area contributed by atoms with Gasteiger partial charge in [0.2, 0.25) is 0 Å². The quantitative estimate of drug-likeness (QED) is 0.798. The summed E-state index contributed by atoms with van der Waals surface area (Å²) in [5, 5.41) is 0. The van der Waals surface area contributed by atoms with Crippen LogP contribution in [0.2, 0.25) is 0 Å². The predicted octanol–water partition coefficient (Wildman–Crippen LogP) is 2.84. The molecule has 1 aromatic rings. The van der Waals surface area contributed by atoms with Gasteiger partial charge in [0.25, 0.3) is 0 Å². The van der Waals surface area contributed by atoms with E-state index in [2.05, 4.69) is 24.6 Å². The van der Waals surface area contributed by atoms with Crippen molar-refractivity contribution in [3.05, 3.63) is 17.7 Å². The minimum Gasteiger partial charge on any atom is -0.333 e. The molecule has 3 heteroatoms. The summed E-state index contributed by atoms with van der Waals surface area (Å²) >= 11 is 0. The molecule has 2 N–H and O–H groups in total. The largest absolute Gasteiger partial charge is 0.333 e. The number of rotatable bonds is 5. The Morgan fingerprint density at radius 3 is 3.00 bits per heavy atom. The minimum atomic E-state index is 0.305. The van der Waals surface area contributed by atoms with Gasteiger partial charge in [0, 0.05) is 24.7 Å². The summed E-state index contributed by atoms with van der Waals surface area (Å²) in [4.78, 5) is 4.77. The van der Waals surface area contributed by atoms with Gasteiger partial charge in [-0.3, -0.25) is 0 Å². The van der Waals surface area contributed by atoms with Crippen molar-refractivity contribution < 1.29 is 0 Å². The molecule has 2 atom stereocenters.